The van der Waals surface area contributed by atoms with Crippen LogP contribution in [0, 0.1) is 0 Å². The number of ether oxygens (including phenoxy) is 1. The van der Waals surface area contributed by atoms with E-state index in [4.69, 9.17) is 10.5 Å². The maximum Gasteiger partial charge on any atom is 1.00 e. The number of rotatable bonds is 2. The molecule has 5 heteroatoms. The topological polar surface area (TPSA) is 82.3 Å². The number of carbonyl (C=O) groups is 1. The molecule has 0 saturated carbocycles. The van der Waals surface area contributed by atoms with Gasteiger partial charge in [-0.2, -0.15) is 0 Å². The number of hydrogen-bond acceptors (Lipinski definition) is 3. The van der Waals surface area contributed by atoms with E-state index in [1.165, 1.54) is 0 Å². The maximum absolute atomic E-state index is 10.6. The minimum atomic E-state index is -0.423. The Morgan fingerprint density at radius 2 is 1.77 bits per heavy atom. The third-order valence-corrected chi connectivity index (χ3v) is 1.37. The van der Waals surface area contributed by atoms with Gasteiger partial charge in [0.05, 0.1) is 7.11 Å². The van der Waals surface area contributed by atoms with Gasteiger partial charge in [0.2, 0.25) is 5.91 Å². The first kappa shape index (κ1) is 15.6. The quantitative estimate of drug-likeness (QED) is 0.550. The molecule has 0 unspecified atom stereocenters. The van der Waals surface area contributed by atoms with Crippen molar-refractivity contribution in [2.45, 2.75) is 0 Å². The van der Waals surface area contributed by atoms with E-state index in [9.17, 15) is 4.79 Å². The van der Waals surface area contributed by atoms with Gasteiger partial charge in [0.1, 0.15) is 5.75 Å². The van der Waals surface area contributed by atoms with E-state index in [0.717, 1.165) is 5.75 Å². The van der Waals surface area contributed by atoms with Crippen LogP contribution < -0.4 is 61.9 Å². The van der Waals surface area contributed by atoms with Crippen LogP contribution in [0.1, 0.15) is 10.4 Å². The number of amides is 1. The molecule has 0 aromatic heterocycles. The second-order valence-corrected chi connectivity index (χ2v) is 2.09. The van der Waals surface area contributed by atoms with E-state index in [-0.39, 0.29) is 56.9 Å². The Labute approximate surface area is 119 Å². The van der Waals surface area contributed by atoms with Crippen molar-refractivity contribution in [3.8, 4) is 5.75 Å². The van der Waals surface area contributed by atoms with Gasteiger partial charge < -0.3 is 15.9 Å². The summed E-state index contributed by atoms with van der Waals surface area (Å²) in [5.74, 6) is 0.294. The molecule has 0 aliphatic carbocycles. The average molecular weight is 207 g/mol. The molecule has 1 aromatic rings. The first-order valence-corrected chi connectivity index (χ1v) is 3.18. The number of primary amides is 1. The molecule has 0 aliphatic heterocycles. The summed E-state index contributed by atoms with van der Waals surface area (Å²) < 4.78 is 4.90. The van der Waals surface area contributed by atoms with Gasteiger partial charge >= 0.3 is 51.4 Å². The van der Waals surface area contributed by atoms with Crippen molar-refractivity contribution in [2.24, 2.45) is 5.73 Å². The van der Waals surface area contributed by atoms with E-state index in [1.54, 1.807) is 31.4 Å². The number of hydrogen-bond donors (Lipinski definition) is 1. The Hall–Kier alpha value is 0.0864. The second kappa shape index (κ2) is 7.49. The summed E-state index contributed by atoms with van der Waals surface area (Å²) >= 11 is 0. The van der Waals surface area contributed by atoms with E-state index in [2.05, 4.69) is 0 Å². The first-order valence-electron chi connectivity index (χ1n) is 3.18. The SMILES string of the molecule is COc1ccc(C(N)=O)cc1.[K+].[OH-]. The van der Waals surface area contributed by atoms with Gasteiger partial charge in [0.15, 0.2) is 0 Å². The van der Waals surface area contributed by atoms with Crippen LogP contribution >= 0.6 is 0 Å². The molecule has 0 heterocycles. The van der Waals surface area contributed by atoms with E-state index in [1.807, 2.05) is 0 Å². The zero-order valence-corrected chi connectivity index (χ0v) is 10.8. The molecule has 0 spiro atoms. The summed E-state index contributed by atoms with van der Waals surface area (Å²) in [6, 6.07) is 6.64. The van der Waals surface area contributed by atoms with Crippen LogP contribution in [0.2, 0.25) is 0 Å². The fourth-order valence-electron chi connectivity index (χ4n) is 0.755. The Morgan fingerprint density at radius 1 is 1.31 bits per heavy atom. The van der Waals surface area contributed by atoms with Crippen molar-refractivity contribution < 1.29 is 66.4 Å². The molecule has 3 N–H and O–H groups in total. The third kappa shape index (κ3) is 4.75. The molecule has 1 rings (SSSR count). The zero-order valence-electron chi connectivity index (χ0n) is 7.65. The van der Waals surface area contributed by atoms with Crippen molar-refractivity contribution in [3.05, 3.63) is 29.8 Å². The molecule has 1 aromatic carbocycles. The Kier molecular flexibility index (Phi) is 8.96. The van der Waals surface area contributed by atoms with Crippen molar-refractivity contribution in [2.75, 3.05) is 7.11 Å². The van der Waals surface area contributed by atoms with Gasteiger partial charge in [-0.15, -0.1) is 0 Å². The monoisotopic (exact) mass is 207 g/mol. The molecule has 13 heavy (non-hydrogen) atoms. The molecule has 1 amide bonds. The molecule has 0 radical (unpaired) electrons. The Balaban J connectivity index is 0. The number of methoxy groups -OCH3 is 1. The zero-order chi connectivity index (χ0) is 8.27. The van der Waals surface area contributed by atoms with Crippen LogP contribution in [-0.2, 0) is 0 Å². The molecule has 66 valence electrons. The number of benzene rings is 1. The van der Waals surface area contributed by atoms with Crippen molar-refractivity contribution in [3.63, 3.8) is 0 Å². The second-order valence-electron chi connectivity index (χ2n) is 2.09. The average Bonchev–Trinajstić information content (AvgIpc) is 2.05. The van der Waals surface area contributed by atoms with Crippen LogP contribution in [0.4, 0.5) is 0 Å². The summed E-state index contributed by atoms with van der Waals surface area (Å²) in [6.45, 7) is 0. The largest absolute Gasteiger partial charge is 1.00 e. The minimum absolute atomic E-state index is 0. The van der Waals surface area contributed by atoms with Crippen molar-refractivity contribution in [1.82, 2.24) is 0 Å². The fourth-order valence-corrected chi connectivity index (χ4v) is 0.755. The Morgan fingerprint density at radius 3 is 2.08 bits per heavy atom. The summed E-state index contributed by atoms with van der Waals surface area (Å²) in [5.41, 5.74) is 5.52. The van der Waals surface area contributed by atoms with Gasteiger partial charge in [-0.1, -0.05) is 0 Å². The Bertz CT molecular complexity index is 261. The van der Waals surface area contributed by atoms with E-state index < -0.39 is 5.91 Å². The number of nitrogens with two attached hydrogens (primary N) is 1. The van der Waals surface area contributed by atoms with E-state index in [0.29, 0.717) is 5.56 Å². The summed E-state index contributed by atoms with van der Waals surface area (Å²) in [7, 11) is 1.57. The van der Waals surface area contributed by atoms with Crippen LogP contribution in [0.3, 0.4) is 0 Å². The molecule has 0 atom stereocenters. The number of carbonyl (C=O) groups excluding carboxylic acids is 1. The predicted molar refractivity (Wildman–Crippen MR) is 43.4 cm³/mol. The molecule has 0 saturated heterocycles. The van der Waals surface area contributed by atoms with Gasteiger partial charge in [0, 0.05) is 5.56 Å². The van der Waals surface area contributed by atoms with Gasteiger partial charge in [-0.25, -0.2) is 0 Å². The molecule has 0 fully saturated rings. The minimum Gasteiger partial charge on any atom is -0.870 e. The predicted octanol–water partition coefficient (Wildman–Crippen LogP) is -2.38. The standard InChI is InChI=1S/C8H9NO2.K.H2O/c1-11-7-4-2-6(3-5-7)8(9)10;;/h2-5H,1H3,(H2,9,10);;1H2/q;+1;/p-1. The first-order chi connectivity index (χ1) is 5.24. The maximum atomic E-state index is 10.6. The summed E-state index contributed by atoms with van der Waals surface area (Å²) in [5, 5.41) is 0. The van der Waals surface area contributed by atoms with Crippen LogP contribution in [0.5, 0.6) is 5.75 Å². The molecular formula is C8H10KNO3. The van der Waals surface area contributed by atoms with Crippen LogP contribution in [0.25, 0.3) is 0 Å². The van der Waals surface area contributed by atoms with E-state index >= 15 is 0 Å². The molecule has 0 bridgehead atoms. The van der Waals surface area contributed by atoms with Gasteiger partial charge in [0.25, 0.3) is 0 Å². The van der Waals surface area contributed by atoms with Gasteiger partial charge in [-0.3, -0.25) is 4.79 Å². The summed E-state index contributed by atoms with van der Waals surface area (Å²) in [4.78, 5) is 10.6. The summed E-state index contributed by atoms with van der Waals surface area (Å²) in [6.07, 6.45) is 0. The van der Waals surface area contributed by atoms with Crippen molar-refractivity contribution in [1.29, 1.82) is 0 Å². The van der Waals surface area contributed by atoms with Crippen LogP contribution in [-0.4, -0.2) is 18.5 Å². The van der Waals surface area contributed by atoms with Crippen molar-refractivity contribution >= 4 is 5.91 Å². The van der Waals surface area contributed by atoms with Crippen LogP contribution in [0.15, 0.2) is 24.3 Å². The smallest absolute Gasteiger partial charge is 0.870 e. The normalized spacial score (nSPS) is 7.77. The molecule has 4 nitrogen and oxygen atoms in total. The van der Waals surface area contributed by atoms with Gasteiger partial charge in [-0.05, 0) is 24.3 Å². The fraction of sp³-hybridized carbons (Fsp3) is 0.125. The molecule has 0 aliphatic rings. The third-order valence-electron chi connectivity index (χ3n) is 1.37. The molecular weight excluding hydrogens is 197 g/mol.